The van der Waals surface area contributed by atoms with E-state index < -0.39 is 5.97 Å². The number of pyridine rings is 1. The minimum Gasteiger partial charge on any atom is -0.545 e. The number of carboxylic acids is 1. The fourth-order valence-corrected chi connectivity index (χ4v) is 3.04. The van der Waals surface area contributed by atoms with Crippen LogP contribution in [0.3, 0.4) is 0 Å². The molecule has 3 nitrogen and oxygen atoms in total. The van der Waals surface area contributed by atoms with Crippen molar-refractivity contribution < 1.29 is 9.90 Å². The Hall–Kier alpha value is -2.20. The van der Waals surface area contributed by atoms with E-state index in [2.05, 4.69) is 20.9 Å². The highest BCUT2D eigenvalue weighted by atomic mass is 79.9. The molecular weight excluding hydrogens is 342 g/mol. The lowest BCUT2D eigenvalue weighted by molar-refractivity contribution is -0.254. The third kappa shape index (κ3) is 2.62. The van der Waals surface area contributed by atoms with Crippen LogP contribution >= 0.6 is 15.9 Å². The Bertz CT molecular complexity index is 903. The molecule has 0 aliphatic carbocycles. The first-order chi connectivity index (χ1) is 10.5. The lowest BCUT2D eigenvalue weighted by Gasteiger charge is -2.13. The average Bonchev–Trinajstić information content (AvgIpc) is 2.46. The van der Waals surface area contributed by atoms with Gasteiger partial charge in [0.1, 0.15) is 0 Å². The van der Waals surface area contributed by atoms with Crippen LogP contribution in [-0.2, 0) is 0 Å². The van der Waals surface area contributed by atoms with Gasteiger partial charge >= 0.3 is 0 Å². The molecule has 3 aromatic rings. The Kier molecular flexibility index (Phi) is 3.71. The second kappa shape index (κ2) is 5.54. The molecule has 1 aromatic heterocycles. The van der Waals surface area contributed by atoms with Gasteiger partial charge in [0.25, 0.3) is 0 Å². The number of carbonyl (C=O) groups excluding carboxylic acids is 1. The molecular formula is C18H13BrNO2-. The maximum Gasteiger partial charge on any atom is 0.0745 e. The maximum absolute atomic E-state index is 11.5. The van der Waals surface area contributed by atoms with Gasteiger partial charge in [-0.25, -0.2) is 4.98 Å². The van der Waals surface area contributed by atoms with Crippen LogP contribution in [-0.4, -0.2) is 11.0 Å². The standard InChI is InChI=1S/C18H14BrNO2/c1-10-6-11(2)17-14(7-10)15(18(21)22)9-16(20-17)12-4-3-5-13(19)8-12/h3-9H,1-2H3,(H,21,22)/p-1. The highest BCUT2D eigenvalue weighted by molar-refractivity contribution is 9.10. The molecule has 0 saturated carbocycles. The summed E-state index contributed by atoms with van der Waals surface area (Å²) >= 11 is 3.42. The van der Waals surface area contributed by atoms with Crippen LogP contribution in [0.4, 0.5) is 0 Å². The molecule has 0 fully saturated rings. The van der Waals surface area contributed by atoms with Gasteiger partial charge in [-0.3, -0.25) is 0 Å². The molecule has 4 heteroatoms. The minimum absolute atomic E-state index is 0.173. The van der Waals surface area contributed by atoms with Gasteiger partial charge in [-0.15, -0.1) is 0 Å². The van der Waals surface area contributed by atoms with Gasteiger partial charge in [-0.1, -0.05) is 39.7 Å². The zero-order chi connectivity index (χ0) is 15.9. The smallest absolute Gasteiger partial charge is 0.0745 e. The number of carboxylic acid groups (broad SMARTS) is 1. The van der Waals surface area contributed by atoms with E-state index in [1.165, 1.54) is 0 Å². The second-order valence-electron chi connectivity index (χ2n) is 5.33. The average molecular weight is 355 g/mol. The molecule has 0 saturated heterocycles. The Morgan fingerprint density at radius 2 is 1.91 bits per heavy atom. The van der Waals surface area contributed by atoms with Crippen molar-refractivity contribution in [1.29, 1.82) is 0 Å². The zero-order valence-corrected chi connectivity index (χ0v) is 13.8. The van der Waals surface area contributed by atoms with Crippen LogP contribution in [0.1, 0.15) is 21.5 Å². The number of hydrogen-bond acceptors (Lipinski definition) is 3. The fourth-order valence-electron chi connectivity index (χ4n) is 2.65. The molecule has 0 amide bonds. The third-order valence-corrected chi connectivity index (χ3v) is 4.08. The number of benzene rings is 2. The number of aryl methyl sites for hydroxylation is 2. The Morgan fingerprint density at radius 1 is 1.14 bits per heavy atom. The third-order valence-electron chi connectivity index (χ3n) is 3.59. The van der Waals surface area contributed by atoms with Crippen molar-refractivity contribution >= 4 is 32.8 Å². The van der Waals surface area contributed by atoms with Gasteiger partial charge in [0, 0.05) is 21.0 Å². The van der Waals surface area contributed by atoms with E-state index in [1.807, 2.05) is 50.2 Å². The maximum atomic E-state index is 11.5. The lowest BCUT2D eigenvalue weighted by Crippen LogP contribution is -2.23. The van der Waals surface area contributed by atoms with E-state index >= 15 is 0 Å². The first kappa shape index (κ1) is 14.7. The molecule has 1 heterocycles. The number of hydrogen-bond donors (Lipinski definition) is 0. The van der Waals surface area contributed by atoms with E-state index in [-0.39, 0.29) is 5.56 Å². The summed E-state index contributed by atoms with van der Waals surface area (Å²) in [5.74, 6) is -1.19. The molecule has 0 N–H and O–H groups in total. The summed E-state index contributed by atoms with van der Waals surface area (Å²) in [4.78, 5) is 16.2. The molecule has 0 radical (unpaired) electrons. The summed E-state index contributed by atoms with van der Waals surface area (Å²) < 4.78 is 0.919. The van der Waals surface area contributed by atoms with Crippen LogP contribution < -0.4 is 5.11 Å². The van der Waals surface area contributed by atoms with Gasteiger partial charge in [-0.05, 0) is 43.7 Å². The summed E-state index contributed by atoms with van der Waals surface area (Å²) in [5, 5.41) is 12.2. The molecule has 0 aliphatic heterocycles. The van der Waals surface area contributed by atoms with E-state index in [4.69, 9.17) is 0 Å². The minimum atomic E-state index is -1.19. The first-order valence-electron chi connectivity index (χ1n) is 6.85. The second-order valence-corrected chi connectivity index (χ2v) is 6.25. The normalized spacial score (nSPS) is 10.9. The molecule has 22 heavy (non-hydrogen) atoms. The van der Waals surface area contributed by atoms with Crippen LogP contribution in [0.25, 0.3) is 22.2 Å². The Morgan fingerprint density at radius 3 is 2.59 bits per heavy atom. The van der Waals surface area contributed by atoms with Crippen molar-refractivity contribution in [2.45, 2.75) is 13.8 Å². The lowest BCUT2D eigenvalue weighted by atomic mass is 10.00. The summed E-state index contributed by atoms with van der Waals surface area (Å²) in [6.07, 6.45) is 0. The van der Waals surface area contributed by atoms with Crippen molar-refractivity contribution in [3.05, 3.63) is 63.6 Å². The summed E-state index contributed by atoms with van der Waals surface area (Å²) in [6.45, 7) is 3.87. The van der Waals surface area contributed by atoms with Crippen LogP contribution in [0, 0.1) is 13.8 Å². The molecule has 0 aliphatic rings. The van der Waals surface area contributed by atoms with Gasteiger partial charge < -0.3 is 9.90 Å². The summed E-state index contributed by atoms with van der Waals surface area (Å²) in [7, 11) is 0. The molecule has 3 rings (SSSR count). The van der Waals surface area contributed by atoms with Crippen molar-refractivity contribution in [3.8, 4) is 11.3 Å². The predicted molar refractivity (Wildman–Crippen MR) is 88.7 cm³/mol. The first-order valence-corrected chi connectivity index (χ1v) is 7.64. The van der Waals surface area contributed by atoms with E-state index in [9.17, 15) is 9.90 Å². The van der Waals surface area contributed by atoms with Gasteiger partial charge in [-0.2, -0.15) is 0 Å². The zero-order valence-electron chi connectivity index (χ0n) is 12.2. The van der Waals surface area contributed by atoms with Gasteiger partial charge in [0.2, 0.25) is 0 Å². The van der Waals surface area contributed by atoms with Gasteiger partial charge in [0.15, 0.2) is 0 Å². The highest BCUT2D eigenvalue weighted by Gasteiger charge is 2.11. The van der Waals surface area contributed by atoms with E-state index in [0.29, 0.717) is 16.6 Å². The molecule has 0 bridgehead atoms. The van der Waals surface area contributed by atoms with Crippen LogP contribution in [0.2, 0.25) is 0 Å². The van der Waals surface area contributed by atoms with Crippen LogP contribution in [0.5, 0.6) is 0 Å². The summed E-state index contributed by atoms with van der Waals surface area (Å²) in [6, 6.07) is 13.0. The topological polar surface area (TPSA) is 53.0 Å². The van der Waals surface area contributed by atoms with Crippen molar-refractivity contribution in [3.63, 3.8) is 0 Å². The van der Waals surface area contributed by atoms with Crippen molar-refractivity contribution in [1.82, 2.24) is 4.98 Å². The molecule has 2 aromatic carbocycles. The van der Waals surface area contributed by atoms with E-state index in [0.717, 1.165) is 21.2 Å². The predicted octanol–water partition coefficient (Wildman–Crippen LogP) is 3.64. The largest absolute Gasteiger partial charge is 0.545 e. The number of halogens is 1. The number of aromatic nitrogens is 1. The van der Waals surface area contributed by atoms with Crippen molar-refractivity contribution in [2.75, 3.05) is 0 Å². The van der Waals surface area contributed by atoms with E-state index in [1.54, 1.807) is 6.07 Å². The molecule has 0 spiro atoms. The monoisotopic (exact) mass is 354 g/mol. The SMILES string of the molecule is Cc1cc(C)c2nc(-c3cccc(Br)c3)cc(C(=O)[O-])c2c1. The van der Waals surface area contributed by atoms with Crippen molar-refractivity contribution in [2.24, 2.45) is 0 Å². The molecule has 0 atom stereocenters. The number of rotatable bonds is 2. The number of aromatic carboxylic acids is 1. The van der Waals surface area contributed by atoms with Crippen LogP contribution in [0.15, 0.2) is 46.9 Å². The highest BCUT2D eigenvalue weighted by Crippen LogP contribution is 2.28. The number of fused-ring (bicyclic) bond motifs is 1. The summed E-state index contributed by atoms with van der Waals surface area (Å²) in [5.41, 5.74) is 4.31. The molecule has 110 valence electrons. The Labute approximate surface area is 136 Å². The number of carbonyl (C=O) groups is 1. The quantitative estimate of drug-likeness (QED) is 0.705. The number of nitrogens with zero attached hydrogens (tertiary/aromatic N) is 1. The molecule has 0 unspecified atom stereocenters. The fraction of sp³-hybridized carbons (Fsp3) is 0.111. The van der Waals surface area contributed by atoms with Gasteiger partial charge in [0.05, 0.1) is 17.2 Å². The Balaban J connectivity index is 2.37.